The number of ether oxygens (including phenoxy) is 1. The lowest BCUT2D eigenvalue weighted by Gasteiger charge is -2.11. The van der Waals surface area contributed by atoms with Crippen LogP contribution < -0.4 is 4.72 Å². The van der Waals surface area contributed by atoms with Crippen LogP contribution in [0, 0.1) is 0 Å². The Balaban J connectivity index is 3.27. The van der Waals surface area contributed by atoms with E-state index < -0.39 is 16.0 Å². The number of sulfonamides is 1. The first-order chi connectivity index (χ1) is 8.74. The lowest BCUT2D eigenvalue weighted by atomic mass is 10.3. The summed E-state index contributed by atoms with van der Waals surface area (Å²) in [6.07, 6.45) is 1.94. The summed E-state index contributed by atoms with van der Waals surface area (Å²) in [5, 5.41) is -0.134. The molecule has 0 fully saturated rings. The molecular formula is C11H17ClN2O4S. The molecule has 0 bridgehead atoms. The Bertz CT molecular complexity index is 580. The number of methoxy groups -OCH3 is 1. The Hall–Kier alpha value is -1.05. The Morgan fingerprint density at radius 3 is 2.63 bits per heavy atom. The summed E-state index contributed by atoms with van der Waals surface area (Å²) in [5.41, 5.74) is 0.00805. The second-order valence-electron chi connectivity index (χ2n) is 4.19. The summed E-state index contributed by atoms with van der Waals surface area (Å²) >= 11 is 5.97. The van der Waals surface area contributed by atoms with Gasteiger partial charge in [0.25, 0.3) is 0 Å². The molecule has 6 nitrogen and oxygen atoms in total. The summed E-state index contributed by atoms with van der Waals surface area (Å²) in [6, 6.07) is -0.220. The van der Waals surface area contributed by atoms with Crippen molar-refractivity contribution in [2.24, 2.45) is 7.05 Å². The van der Waals surface area contributed by atoms with E-state index in [1.54, 1.807) is 6.92 Å². The van der Waals surface area contributed by atoms with Crippen LogP contribution in [0.2, 0.25) is 5.02 Å². The van der Waals surface area contributed by atoms with Gasteiger partial charge in [-0.25, -0.2) is 17.9 Å². The normalized spacial score (nSPS) is 13.3. The minimum atomic E-state index is -3.76. The fourth-order valence-electron chi connectivity index (χ4n) is 1.50. The van der Waals surface area contributed by atoms with E-state index in [1.165, 1.54) is 24.9 Å². The molecule has 0 aromatic carbocycles. The van der Waals surface area contributed by atoms with E-state index >= 15 is 0 Å². The fraction of sp³-hybridized carbons (Fsp3) is 0.545. The fourth-order valence-corrected chi connectivity index (χ4v) is 3.51. The van der Waals surface area contributed by atoms with Crippen LogP contribution in [0.25, 0.3) is 0 Å². The van der Waals surface area contributed by atoms with Crippen molar-refractivity contribution in [1.29, 1.82) is 0 Å². The van der Waals surface area contributed by atoms with E-state index in [4.69, 9.17) is 11.6 Å². The van der Waals surface area contributed by atoms with E-state index in [-0.39, 0.29) is 21.7 Å². The number of halogens is 1. The highest BCUT2D eigenvalue weighted by Gasteiger charge is 2.28. The molecule has 0 aliphatic rings. The zero-order valence-electron chi connectivity index (χ0n) is 11.2. The summed E-state index contributed by atoms with van der Waals surface area (Å²) < 4.78 is 32.7. The van der Waals surface area contributed by atoms with E-state index in [0.717, 1.165) is 0 Å². The maximum Gasteiger partial charge on any atom is 0.356 e. The predicted molar refractivity (Wildman–Crippen MR) is 71.8 cm³/mol. The SMILES string of the molecule is CC[C@@H](C)NS(=O)(=O)c1cn(C)c(C(=O)OC)c1Cl. The Morgan fingerprint density at radius 2 is 2.16 bits per heavy atom. The van der Waals surface area contributed by atoms with Crippen LogP contribution in [0.5, 0.6) is 0 Å². The summed E-state index contributed by atoms with van der Waals surface area (Å²) in [4.78, 5) is 11.4. The molecule has 8 heteroatoms. The van der Waals surface area contributed by atoms with Gasteiger partial charge in [0.05, 0.1) is 12.1 Å². The minimum Gasteiger partial charge on any atom is -0.464 e. The third-order valence-corrected chi connectivity index (χ3v) is 4.82. The molecule has 1 rings (SSSR count). The second-order valence-corrected chi connectivity index (χ2v) is 6.25. The van der Waals surface area contributed by atoms with Gasteiger partial charge in [-0.05, 0) is 13.3 Å². The largest absolute Gasteiger partial charge is 0.464 e. The molecule has 1 heterocycles. The van der Waals surface area contributed by atoms with Crippen molar-refractivity contribution in [2.45, 2.75) is 31.2 Å². The molecule has 0 radical (unpaired) electrons. The zero-order chi connectivity index (χ0) is 14.8. The van der Waals surface area contributed by atoms with Crippen LogP contribution in [0.3, 0.4) is 0 Å². The second kappa shape index (κ2) is 5.94. The Kier molecular flexibility index (Phi) is 5.00. The average molecular weight is 309 g/mol. The first-order valence-electron chi connectivity index (χ1n) is 5.70. The highest BCUT2D eigenvalue weighted by molar-refractivity contribution is 7.89. The van der Waals surface area contributed by atoms with Crippen molar-refractivity contribution < 1.29 is 17.9 Å². The van der Waals surface area contributed by atoms with Gasteiger partial charge in [-0.1, -0.05) is 18.5 Å². The van der Waals surface area contributed by atoms with Gasteiger partial charge in [0.15, 0.2) is 0 Å². The third-order valence-electron chi connectivity index (χ3n) is 2.72. The maximum atomic E-state index is 12.1. The number of rotatable bonds is 5. The third kappa shape index (κ3) is 3.29. The van der Waals surface area contributed by atoms with E-state index in [0.29, 0.717) is 6.42 Å². The number of carbonyl (C=O) groups excluding carboxylic acids is 1. The highest BCUT2D eigenvalue weighted by Crippen LogP contribution is 2.27. The number of esters is 1. The van der Waals surface area contributed by atoms with Crippen molar-refractivity contribution in [3.05, 3.63) is 16.9 Å². The van der Waals surface area contributed by atoms with Crippen LogP contribution >= 0.6 is 11.6 Å². The van der Waals surface area contributed by atoms with Crippen molar-refractivity contribution >= 4 is 27.6 Å². The minimum absolute atomic E-state index is 0.00805. The van der Waals surface area contributed by atoms with Gasteiger partial charge in [-0.2, -0.15) is 0 Å². The van der Waals surface area contributed by atoms with Crippen molar-refractivity contribution in [1.82, 2.24) is 9.29 Å². The number of aromatic nitrogens is 1. The standard InChI is InChI=1S/C11H17ClN2O4S/c1-5-7(2)13-19(16,17)8-6-14(3)10(9(8)12)11(15)18-4/h6-7,13H,5H2,1-4H3/t7-/m1/s1. The summed E-state index contributed by atoms with van der Waals surface area (Å²) in [6.45, 7) is 3.61. The van der Waals surface area contributed by atoms with E-state index in [2.05, 4.69) is 9.46 Å². The number of hydrogen-bond donors (Lipinski definition) is 1. The molecule has 0 unspecified atom stereocenters. The smallest absolute Gasteiger partial charge is 0.356 e. The monoisotopic (exact) mass is 308 g/mol. The van der Waals surface area contributed by atoms with Gasteiger partial charge in [-0.15, -0.1) is 0 Å². The summed E-state index contributed by atoms with van der Waals surface area (Å²) in [7, 11) is -1.02. The van der Waals surface area contributed by atoms with Gasteiger partial charge in [0, 0.05) is 19.3 Å². The van der Waals surface area contributed by atoms with Crippen LogP contribution in [0.1, 0.15) is 30.8 Å². The molecule has 1 N–H and O–H groups in total. The lowest BCUT2D eigenvalue weighted by molar-refractivity contribution is 0.0590. The molecule has 1 aromatic heterocycles. The van der Waals surface area contributed by atoms with Crippen LogP contribution in [0.4, 0.5) is 0 Å². The lowest BCUT2D eigenvalue weighted by Crippen LogP contribution is -2.32. The molecule has 0 aliphatic carbocycles. The number of hydrogen-bond acceptors (Lipinski definition) is 4. The molecule has 108 valence electrons. The first kappa shape index (κ1) is 16.0. The van der Waals surface area contributed by atoms with Crippen molar-refractivity contribution in [3.8, 4) is 0 Å². The van der Waals surface area contributed by atoms with Crippen molar-refractivity contribution in [3.63, 3.8) is 0 Å². The molecule has 1 atom stereocenters. The molecule has 0 aliphatic heterocycles. The molecular weight excluding hydrogens is 292 g/mol. The number of nitrogens with one attached hydrogen (secondary N) is 1. The average Bonchev–Trinajstić information content (AvgIpc) is 2.64. The van der Waals surface area contributed by atoms with Gasteiger partial charge < -0.3 is 9.30 Å². The van der Waals surface area contributed by atoms with E-state index in [9.17, 15) is 13.2 Å². The van der Waals surface area contributed by atoms with Gasteiger partial charge in [-0.3, -0.25) is 0 Å². The first-order valence-corrected chi connectivity index (χ1v) is 7.56. The highest BCUT2D eigenvalue weighted by atomic mass is 35.5. The molecule has 0 spiro atoms. The van der Waals surface area contributed by atoms with Crippen LogP contribution in [-0.2, 0) is 21.8 Å². The molecule has 1 aromatic rings. The Morgan fingerprint density at radius 1 is 1.58 bits per heavy atom. The van der Waals surface area contributed by atoms with Crippen LogP contribution in [0.15, 0.2) is 11.1 Å². The van der Waals surface area contributed by atoms with Crippen molar-refractivity contribution in [2.75, 3.05) is 7.11 Å². The zero-order valence-corrected chi connectivity index (χ0v) is 12.8. The van der Waals surface area contributed by atoms with Gasteiger partial charge in [0.1, 0.15) is 10.6 Å². The maximum absolute atomic E-state index is 12.1. The number of carbonyl (C=O) groups is 1. The van der Waals surface area contributed by atoms with Crippen LogP contribution in [-0.4, -0.2) is 32.1 Å². The van der Waals surface area contributed by atoms with Gasteiger partial charge >= 0.3 is 5.97 Å². The molecule has 0 saturated heterocycles. The van der Waals surface area contributed by atoms with E-state index in [1.807, 2.05) is 6.92 Å². The number of aryl methyl sites for hydroxylation is 1. The summed E-state index contributed by atoms with van der Waals surface area (Å²) in [5.74, 6) is -0.683. The topological polar surface area (TPSA) is 77.4 Å². The molecule has 0 saturated carbocycles. The quantitative estimate of drug-likeness (QED) is 0.837. The molecule has 19 heavy (non-hydrogen) atoms. The van der Waals surface area contributed by atoms with Gasteiger partial charge in [0.2, 0.25) is 10.0 Å². The Labute approximate surface area is 117 Å². The number of nitrogens with zero attached hydrogens (tertiary/aromatic N) is 1. The molecule has 0 amide bonds. The predicted octanol–water partition coefficient (Wildman–Crippen LogP) is 1.54.